The number of nitrogens with one attached hydrogen (secondary N) is 2. The van der Waals surface area contributed by atoms with Crippen LogP contribution >= 0.6 is 11.3 Å². The summed E-state index contributed by atoms with van der Waals surface area (Å²) in [5, 5.41) is 14.0. The first-order valence-electron chi connectivity index (χ1n) is 6.60. The predicted molar refractivity (Wildman–Crippen MR) is 83.1 cm³/mol. The Morgan fingerprint density at radius 3 is 2.71 bits per heavy atom. The van der Waals surface area contributed by atoms with E-state index in [1.807, 2.05) is 0 Å². The number of aliphatic hydroxyl groups is 1. The van der Waals surface area contributed by atoms with E-state index < -0.39 is 5.41 Å². The highest BCUT2D eigenvalue weighted by atomic mass is 32.1. The van der Waals surface area contributed by atoms with Crippen molar-refractivity contribution in [3.05, 3.63) is 21.9 Å². The molecule has 0 atom stereocenters. The van der Waals surface area contributed by atoms with Crippen molar-refractivity contribution in [2.45, 2.75) is 20.3 Å². The van der Waals surface area contributed by atoms with Gasteiger partial charge in [0.2, 0.25) is 5.91 Å². The average molecular weight is 308 g/mol. The predicted octanol–water partition coefficient (Wildman–Crippen LogP) is 0.984. The van der Waals surface area contributed by atoms with Crippen LogP contribution in [-0.4, -0.2) is 37.1 Å². The van der Waals surface area contributed by atoms with E-state index >= 15 is 0 Å². The van der Waals surface area contributed by atoms with Crippen LogP contribution in [0, 0.1) is 17.3 Å². The fraction of sp³-hybridized carbons (Fsp3) is 0.467. The normalized spacial score (nSPS) is 10.5. The van der Waals surface area contributed by atoms with Crippen molar-refractivity contribution in [2.75, 3.05) is 20.2 Å². The second-order valence-electron chi connectivity index (χ2n) is 5.08. The monoisotopic (exact) mass is 308 g/mol. The molecular formula is C15H20N2O3S. The molecule has 0 fully saturated rings. The Morgan fingerprint density at radius 2 is 2.10 bits per heavy atom. The number of carbonyl (C=O) groups excluding carboxylic acids is 2. The standard InChI is InChI=1S/C15H20N2O3S/c1-15(2,14(20)16-3)10-17-13(19)12-8-7-11(21-12)6-4-5-9-18/h7-8,18H,5,9-10H2,1-3H3,(H,16,20)(H,17,19). The molecule has 1 rings (SSSR count). The maximum atomic E-state index is 12.0. The van der Waals surface area contributed by atoms with Gasteiger partial charge in [0, 0.05) is 20.0 Å². The van der Waals surface area contributed by atoms with Crippen LogP contribution < -0.4 is 10.6 Å². The Balaban J connectivity index is 2.61. The minimum Gasteiger partial charge on any atom is -0.395 e. The summed E-state index contributed by atoms with van der Waals surface area (Å²) in [6.45, 7) is 3.83. The van der Waals surface area contributed by atoms with E-state index in [9.17, 15) is 9.59 Å². The molecule has 0 aromatic carbocycles. The Hall–Kier alpha value is -1.84. The fourth-order valence-electron chi connectivity index (χ4n) is 1.54. The molecule has 0 radical (unpaired) electrons. The first-order chi connectivity index (χ1) is 9.90. The van der Waals surface area contributed by atoms with Crippen LogP contribution in [0.15, 0.2) is 12.1 Å². The summed E-state index contributed by atoms with van der Waals surface area (Å²) in [6.07, 6.45) is 0.416. The fourth-order valence-corrected chi connectivity index (χ4v) is 2.34. The lowest BCUT2D eigenvalue weighted by atomic mass is 9.92. The largest absolute Gasteiger partial charge is 0.395 e. The number of hydrogen-bond donors (Lipinski definition) is 3. The maximum Gasteiger partial charge on any atom is 0.261 e. The molecule has 1 aromatic heterocycles. The van der Waals surface area contributed by atoms with Crippen LogP contribution in [0.1, 0.15) is 34.8 Å². The molecule has 0 aliphatic heterocycles. The van der Waals surface area contributed by atoms with Crippen LogP contribution in [0.5, 0.6) is 0 Å². The van der Waals surface area contributed by atoms with Gasteiger partial charge in [-0.05, 0) is 26.0 Å². The zero-order valence-electron chi connectivity index (χ0n) is 12.4. The maximum absolute atomic E-state index is 12.0. The summed E-state index contributed by atoms with van der Waals surface area (Å²) in [7, 11) is 1.57. The average Bonchev–Trinajstić information content (AvgIpc) is 2.93. The SMILES string of the molecule is CNC(=O)C(C)(C)CNC(=O)c1ccc(C#CCCO)s1. The van der Waals surface area contributed by atoms with Crippen LogP contribution in [-0.2, 0) is 4.79 Å². The third-order valence-electron chi connectivity index (χ3n) is 2.81. The second-order valence-corrected chi connectivity index (χ2v) is 6.17. The van der Waals surface area contributed by atoms with Gasteiger partial charge in [0.1, 0.15) is 0 Å². The third kappa shape index (κ3) is 5.21. The molecule has 1 aromatic rings. The molecule has 0 saturated heterocycles. The molecule has 114 valence electrons. The lowest BCUT2D eigenvalue weighted by Crippen LogP contribution is -2.43. The van der Waals surface area contributed by atoms with Crippen molar-refractivity contribution in [3.8, 4) is 11.8 Å². The third-order valence-corrected chi connectivity index (χ3v) is 3.81. The summed E-state index contributed by atoms with van der Waals surface area (Å²) in [5.41, 5.74) is -0.661. The highest BCUT2D eigenvalue weighted by Gasteiger charge is 2.27. The van der Waals surface area contributed by atoms with Gasteiger partial charge in [0.25, 0.3) is 5.91 Å². The van der Waals surface area contributed by atoms with Crippen LogP contribution in [0.2, 0.25) is 0 Å². The number of amides is 2. The zero-order valence-corrected chi connectivity index (χ0v) is 13.3. The lowest BCUT2D eigenvalue weighted by molar-refractivity contribution is -0.128. The minimum absolute atomic E-state index is 0.0281. The summed E-state index contributed by atoms with van der Waals surface area (Å²) >= 11 is 1.29. The molecule has 0 aliphatic rings. The molecule has 0 bridgehead atoms. The van der Waals surface area contributed by atoms with E-state index in [0.29, 0.717) is 11.3 Å². The van der Waals surface area contributed by atoms with Crippen molar-refractivity contribution in [1.82, 2.24) is 10.6 Å². The smallest absolute Gasteiger partial charge is 0.261 e. The van der Waals surface area contributed by atoms with Crippen molar-refractivity contribution in [1.29, 1.82) is 0 Å². The molecule has 2 amide bonds. The highest BCUT2D eigenvalue weighted by molar-refractivity contribution is 7.14. The van der Waals surface area contributed by atoms with E-state index in [0.717, 1.165) is 4.88 Å². The van der Waals surface area contributed by atoms with Gasteiger partial charge in [-0.2, -0.15) is 0 Å². The van der Waals surface area contributed by atoms with Crippen molar-refractivity contribution in [3.63, 3.8) is 0 Å². The Labute approximate surface area is 128 Å². The molecule has 0 spiro atoms. The molecule has 0 aliphatic carbocycles. The first-order valence-corrected chi connectivity index (χ1v) is 7.42. The Bertz CT molecular complexity index is 567. The lowest BCUT2D eigenvalue weighted by Gasteiger charge is -2.22. The second kappa shape index (κ2) is 7.81. The van der Waals surface area contributed by atoms with Gasteiger partial charge in [0.15, 0.2) is 0 Å². The quantitative estimate of drug-likeness (QED) is 0.710. The number of rotatable bonds is 5. The number of thiophene rings is 1. The molecule has 6 heteroatoms. The number of carbonyl (C=O) groups is 2. The molecule has 3 N–H and O–H groups in total. The first kappa shape index (κ1) is 17.2. The summed E-state index contributed by atoms with van der Waals surface area (Å²) in [5.74, 6) is 5.36. The minimum atomic E-state index is -0.661. The van der Waals surface area contributed by atoms with Crippen molar-refractivity contribution < 1.29 is 14.7 Å². The van der Waals surface area contributed by atoms with E-state index in [1.54, 1.807) is 33.0 Å². The van der Waals surface area contributed by atoms with Gasteiger partial charge >= 0.3 is 0 Å². The molecule has 0 unspecified atom stereocenters. The number of aliphatic hydroxyl groups excluding tert-OH is 1. The number of hydrogen-bond acceptors (Lipinski definition) is 4. The molecule has 0 saturated carbocycles. The van der Waals surface area contributed by atoms with E-state index in [-0.39, 0.29) is 25.0 Å². The van der Waals surface area contributed by atoms with Gasteiger partial charge in [-0.1, -0.05) is 11.8 Å². The van der Waals surface area contributed by atoms with Gasteiger partial charge in [-0.3, -0.25) is 9.59 Å². The van der Waals surface area contributed by atoms with E-state index in [2.05, 4.69) is 22.5 Å². The van der Waals surface area contributed by atoms with Crippen molar-refractivity contribution >= 4 is 23.2 Å². The van der Waals surface area contributed by atoms with E-state index in [1.165, 1.54) is 11.3 Å². The molecule has 5 nitrogen and oxygen atoms in total. The molecular weight excluding hydrogens is 288 g/mol. The van der Waals surface area contributed by atoms with Crippen LogP contribution in [0.4, 0.5) is 0 Å². The summed E-state index contributed by atoms with van der Waals surface area (Å²) in [6, 6.07) is 3.48. The molecule has 1 heterocycles. The Morgan fingerprint density at radius 1 is 1.38 bits per heavy atom. The van der Waals surface area contributed by atoms with E-state index in [4.69, 9.17) is 5.11 Å². The van der Waals surface area contributed by atoms with Crippen LogP contribution in [0.25, 0.3) is 0 Å². The zero-order chi connectivity index (χ0) is 15.9. The summed E-state index contributed by atoms with van der Waals surface area (Å²) in [4.78, 5) is 25.0. The Kier molecular flexibility index (Phi) is 6.40. The van der Waals surface area contributed by atoms with Crippen molar-refractivity contribution in [2.24, 2.45) is 5.41 Å². The van der Waals surface area contributed by atoms with Gasteiger partial charge in [-0.15, -0.1) is 11.3 Å². The van der Waals surface area contributed by atoms with Crippen LogP contribution in [0.3, 0.4) is 0 Å². The van der Waals surface area contributed by atoms with Gasteiger partial charge in [0.05, 0.1) is 21.8 Å². The van der Waals surface area contributed by atoms with Gasteiger partial charge in [-0.25, -0.2) is 0 Å². The summed E-state index contributed by atoms with van der Waals surface area (Å²) < 4.78 is 0. The highest BCUT2D eigenvalue weighted by Crippen LogP contribution is 2.17. The molecule has 21 heavy (non-hydrogen) atoms. The topological polar surface area (TPSA) is 78.4 Å². The van der Waals surface area contributed by atoms with Gasteiger partial charge < -0.3 is 15.7 Å².